The molecule has 0 unspecified atom stereocenters. The average Bonchev–Trinajstić information content (AvgIpc) is 2.04. The zero-order valence-corrected chi connectivity index (χ0v) is 7.53. The van der Waals surface area contributed by atoms with Crippen molar-refractivity contribution >= 4 is 11.4 Å². The van der Waals surface area contributed by atoms with Gasteiger partial charge in [-0.2, -0.15) is 0 Å². The Kier molecular flexibility index (Phi) is 2.43. The van der Waals surface area contributed by atoms with Crippen LogP contribution in [0.5, 0.6) is 0 Å². The first kappa shape index (κ1) is 8.71. The first-order valence-corrected chi connectivity index (χ1v) is 3.76. The lowest BCUT2D eigenvalue weighted by molar-refractivity contribution is 1.13. The molecule has 1 aromatic carbocycles. The molecule has 0 aromatic heterocycles. The van der Waals surface area contributed by atoms with E-state index < -0.39 is 0 Å². The number of benzene rings is 1. The van der Waals surface area contributed by atoms with Crippen LogP contribution in [-0.2, 0) is 0 Å². The van der Waals surface area contributed by atoms with Gasteiger partial charge in [-0.05, 0) is 35.9 Å². The molecule has 0 fully saturated rings. The van der Waals surface area contributed by atoms with E-state index in [1.165, 1.54) is 0 Å². The third kappa shape index (κ3) is 1.61. The van der Waals surface area contributed by atoms with Gasteiger partial charge in [0, 0.05) is 19.8 Å². The van der Waals surface area contributed by atoms with Crippen LogP contribution >= 0.6 is 0 Å². The first-order valence-electron chi connectivity index (χ1n) is 3.76. The average molecular weight is 164 g/mol. The Morgan fingerprint density at radius 3 is 2.42 bits per heavy atom. The third-order valence-electron chi connectivity index (χ3n) is 1.80. The Balaban J connectivity index is 3.10. The van der Waals surface area contributed by atoms with Gasteiger partial charge in [-0.25, -0.2) is 0 Å². The van der Waals surface area contributed by atoms with Gasteiger partial charge in [0.25, 0.3) is 0 Å². The molecule has 0 bridgehead atoms. The Labute approximate surface area is 72.0 Å². The van der Waals surface area contributed by atoms with Crippen LogP contribution in [0.2, 0.25) is 0 Å². The molecule has 0 aliphatic heterocycles. The fourth-order valence-electron chi connectivity index (χ4n) is 1.02. The number of aryl methyl sites for hydroxylation is 1. The van der Waals surface area contributed by atoms with Gasteiger partial charge in [0.1, 0.15) is 5.69 Å². The molecule has 0 aliphatic rings. The minimum Gasteiger partial charge on any atom is -0.378 e. The largest absolute Gasteiger partial charge is 0.378 e. The van der Waals surface area contributed by atoms with E-state index in [4.69, 9.17) is 0 Å². The summed E-state index contributed by atoms with van der Waals surface area (Å²) in [6, 6.07) is 5.55. The molecule has 0 saturated heterocycles. The molecule has 0 heterocycles. The van der Waals surface area contributed by atoms with E-state index in [0.29, 0.717) is 5.69 Å². The first-order chi connectivity index (χ1) is 5.65. The lowest BCUT2D eigenvalue weighted by Gasteiger charge is -2.12. The molecule has 1 aromatic rings. The van der Waals surface area contributed by atoms with Gasteiger partial charge in [-0.3, -0.25) is 0 Å². The van der Waals surface area contributed by atoms with Gasteiger partial charge in [0.15, 0.2) is 0 Å². The highest BCUT2D eigenvalue weighted by atomic mass is 16.3. The molecule has 3 nitrogen and oxygen atoms in total. The Morgan fingerprint density at radius 2 is 2.00 bits per heavy atom. The zero-order chi connectivity index (χ0) is 9.14. The highest BCUT2D eigenvalue weighted by Crippen LogP contribution is 2.22. The maximum absolute atomic E-state index is 10.2. The van der Waals surface area contributed by atoms with Gasteiger partial charge in [0.2, 0.25) is 0 Å². The second-order valence-corrected chi connectivity index (χ2v) is 2.96. The predicted molar refractivity (Wildman–Crippen MR) is 51.0 cm³/mol. The summed E-state index contributed by atoms with van der Waals surface area (Å²) < 4.78 is 0. The molecule has 0 saturated carbocycles. The highest BCUT2D eigenvalue weighted by molar-refractivity contribution is 5.56. The van der Waals surface area contributed by atoms with Crippen LogP contribution in [0.15, 0.2) is 23.4 Å². The van der Waals surface area contributed by atoms with Crippen LogP contribution in [0.3, 0.4) is 0 Å². The van der Waals surface area contributed by atoms with Crippen LogP contribution in [-0.4, -0.2) is 14.1 Å². The number of nitrogens with zero attached hydrogens (tertiary/aromatic N) is 2. The third-order valence-corrected chi connectivity index (χ3v) is 1.80. The molecule has 3 heteroatoms. The lowest BCUT2D eigenvalue weighted by atomic mass is 10.2. The van der Waals surface area contributed by atoms with E-state index >= 15 is 0 Å². The van der Waals surface area contributed by atoms with Crippen molar-refractivity contribution in [2.45, 2.75) is 6.92 Å². The molecular weight excluding hydrogens is 152 g/mol. The topological polar surface area (TPSA) is 32.7 Å². The highest BCUT2D eigenvalue weighted by Gasteiger charge is 2.00. The van der Waals surface area contributed by atoms with Crippen molar-refractivity contribution in [2.75, 3.05) is 19.0 Å². The summed E-state index contributed by atoms with van der Waals surface area (Å²) >= 11 is 0. The van der Waals surface area contributed by atoms with Crippen molar-refractivity contribution in [1.82, 2.24) is 0 Å². The van der Waals surface area contributed by atoms with Crippen LogP contribution in [0.4, 0.5) is 11.4 Å². The summed E-state index contributed by atoms with van der Waals surface area (Å²) in [6.07, 6.45) is 0. The number of anilines is 1. The second-order valence-electron chi connectivity index (χ2n) is 2.96. The maximum Gasteiger partial charge on any atom is 0.111 e. The Morgan fingerprint density at radius 1 is 1.33 bits per heavy atom. The van der Waals surface area contributed by atoms with E-state index in [9.17, 15) is 4.91 Å². The van der Waals surface area contributed by atoms with Crippen molar-refractivity contribution in [3.8, 4) is 0 Å². The van der Waals surface area contributed by atoms with Gasteiger partial charge >= 0.3 is 0 Å². The number of hydrogen-bond acceptors (Lipinski definition) is 3. The molecule has 0 atom stereocenters. The maximum atomic E-state index is 10.2. The van der Waals surface area contributed by atoms with E-state index in [1.54, 1.807) is 6.07 Å². The van der Waals surface area contributed by atoms with Gasteiger partial charge < -0.3 is 4.90 Å². The normalized spacial score (nSPS) is 9.58. The molecule has 1 rings (SSSR count). The molecule has 12 heavy (non-hydrogen) atoms. The van der Waals surface area contributed by atoms with Crippen molar-refractivity contribution in [3.63, 3.8) is 0 Å². The summed E-state index contributed by atoms with van der Waals surface area (Å²) in [5.41, 5.74) is 2.51. The van der Waals surface area contributed by atoms with Crippen molar-refractivity contribution < 1.29 is 0 Å². The summed E-state index contributed by atoms with van der Waals surface area (Å²) in [5.74, 6) is 0. The number of hydrogen-bond donors (Lipinski definition) is 0. The summed E-state index contributed by atoms with van der Waals surface area (Å²) in [4.78, 5) is 12.2. The molecule has 0 aliphatic carbocycles. The SMILES string of the molecule is Cc1cc(N(C)C)ccc1N=O. The van der Waals surface area contributed by atoms with Crippen molar-refractivity contribution in [3.05, 3.63) is 28.7 Å². The van der Waals surface area contributed by atoms with Crippen LogP contribution in [0.25, 0.3) is 0 Å². The van der Waals surface area contributed by atoms with E-state index in [2.05, 4.69) is 5.18 Å². The van der Waals surface area contributed by atoms with Crippen LogP contribution < -0.4 is 4.90 Å². The molecule has 64 valence electrons. The number of rotatable bonds is 2. The van der Waals surface area contributed by atoms with E-state index in [0.717, 1.165) is 11.3 Å². The monoisotopic (exact) mass is 164 g/mol. The van der Waals surface area contributed by atoms with E-state index in [-0.39, 0.29) is 0 Å². The molecular formula is C9H12N2O. The second kappa shape index (κ2) is 3.34. The molecule has 0 radical (unpaired) electrons. The molecule has 0 spiro atoms. The summed E-state index contributed by atoms with van der Waals surface area (Å²) in [7, 11) is 3.92. The van der Waals surface area contributed by atoms with Gasteiger partial charge in [-0.1, -0.05) is 0 Å². The fraction of sp³-hybridized carbons (Fsp3) is 0.333. The van der Waals surface area contributed by atoms with Gasteiger partial charge in [0.05, 0.1) is 0 Å². The number of nitroso groups, excluding NO2 is 1. The zero-order valence-electron chi connectivity index (χ0n) is 7.53. The predicted octanol–water partition coefficient (Wildman–Crippen LogP) is 2.46. The summed E-state index contributed by atoms with van der Waals surface area (Å²) in [5, 5.41) is 2.90. The van der Waals surface area contributed by atoms with Crippen LogP contribution in [0.1, 0.15) is 5.56 Å². The quantitative estimate of drug-likeness (QED) is 0.629. The Hall–Kier alpha value is -1.38. The fourth-order valence-corrected chi connectivity index (χ4v) is 1.02. The smallest absolute Gasteiger partial charge is 0.111 e. The van der Waals surface area contributed by atoms with E-state index in [1.807, 2.05) is 38.1 Å². The summed E-state index contributed by atoms with van der Waals surface area (Å²) in [6.45, 7) is 1.88. The van der Waals surface area contributed by atoms with Gasteiger partial charge in [-0.15, -0.1) is 4.91 Å². The minimum absolute atomic E-state index is 0.514. The van der Waals surface area contributed by atoms with Crippen LogP contribution in [0, 0.1) is 11.8 Å². The minimum atomic E-state index is 0.514. The Bertz CT molecular complexity index is 295. The molecule has 0 N–H and O–H groups in total. The standard InChI is InChI=1S/C9H12N2O/c1-7-6-8(11(2)3)4-5-9(7)10-12/h4-6H,1-3H3. The molecule has 0 amide bonds. The van der Waals surface area contributed by atoms with Crippen molar-refractivity contribution in [1.29, 1.82) is 0 Å². The lowest BCUT2D eigenvalue weighted by Crippen LogP contribution is -2.08. The van der Waals surface area contributed by atoms with Crippen molar-refractivity contribution in [2.24, 2.45) is 5.18 Å².